The first-order valence-electron chi connectivity index (χ1n) is 7.10. The number of nitro groups is 1. The lowest BCUT2D eigenvalue weighted by molar-refractivity contribution is -0.384. The number of hydrogen-bond donors (Lipinski definition) is 2. The van der Waals surface area contributed by atoms with E-state index in [-0.39, 0.29) is 16.9 Å². The molecule has 0 aliphatic carbocycles. The average molecular weight is 338 g/mol. The second kappa shape index (κ2) is 8.12. The van der Waals surface area contributed by atoms with Gasteiger partial charge in [0.15, 0.2) is 0 Å². The lowest BCUT2D eigenvalue weighted by Gasteiger charge is -2.06. The minimum absolute atomic E-state index is 0.158. The van der Waals surface area contributed by atoms with Crippen LogP contribution in [0.3, 0.4) is 0 Å². The standard InChI is InChI=1S/C17H14N4O4/c1-25-16-7-3-4-13(9-16)19-11-12(10-18)17(22)20-14-5-2-6-15(8-14)21(23)24/h2-9,11,19H,1H3,(H,20,22)/b12-11-. The van der Waals surface area contributed by atoms with Crippen molar-refractivity contribution in [3.63, 3.8) is 0 Å². The van der Waals surface area contributed by atoms with E-state index < -0.39 is 10.8 Å². The van der Waals surface area contributed by atoms with E-state index in [1.807, 2.05) is 0 Å². The molecule has 0 saturated heterocycles. The number of ether oxygens (including phenoxy) is 1. The van der Waals surface area contributed by atoms with Gasteiger partial charge in [-0.3, -0.25) is 14.9 Å². The van der Waals surface area contributed by atoms with Gasteiger partial charge in [-0.05, 0) is 18.2 Å². The van der Waals surface area contributed by atoms with Crippen LogP contribution in [-0.2, 0) is 4.79 Å². The zero-order chi connectivity index (χ0) is 18.2. The number of nitrogens with one attached hydrogen (secondary N) is 2. The van der Waals surface area contributed by atoms with Crippen molar-refractivity contribution in [3.05, 3.63) is 70.4 Å². The van der Waals surface area contributed by atoms with Crippen LogP contribution in [0, 0.1) is 21.4 Å². The summed E-state index contributed by atoms with van der Waals surface area (Å²) in [6.45, 7) is 0. The molecule has 0 atom stereocenters. The summed E-state index contributed by atoms with van der Waals surface area (Å²) in [5, 5.41) is 25.2. The van der Waals surface area contributed by atoms with Gasteiger partial charge in [0.1, 0.15) is 17.4 Å². The lowest BCUT2D eigenvalue weighted by Crippen LogP contribution is -2.14. The number of anilines is 2. The number of carbonyl (C=O) groups excluding carboxylic acids is 1. The van der Waals surface area contributed by atoms with Crippen molar-refractivity contribution in [2.45, 2.75) is 0 Å². The average Bonchev–Trinajstić information content (AvgIpc) is 2.62. The zero-order valence-corrected chi connectivity index (χ0v) is 13.2. The Morgan fingerprint density at radius 2 is 1.96 bits per heavy atom. The monoisotopic (exact) mass is 338 g/mol. The summed E-state index contributed by atoms with van der Waals surface area (Å²) in [5.41, 5.74) is 0.515. The molecule has 8 nitrogen and oxygen atoms in total. The highest BCUT2D eigenvalue weighted by molar-refractivity contribution is 6.06. The van der Waals surface area contributed by atoms with Crippen LogP contribution in [0.2, 0.25) is 0 Å². The molecule has 0 bridgehead atoms. The Kier molecular flexibility index (Phi) is 5.68. The molecular formula is C17H14N4O4. The quantitative estimate of drug-likeness (QED) is 0.362. The predicted molar refractivity (Wildman–Crippen MR) is 92.0 cm³/mol. The van der Waals surface area contributed by atoms with Crippen molar-refractivity contribution in [2.75, 3.05) is 17.7 Å². The SMILES string of the molecule is COc1cccc(N/C=C(/C#N)C(=O)Nc2cccc([N+](=O)[O-])c2)c1. The molecule has 126 valence electrons. The topological polar surface area (TPSA) is 117 Å². The second-order valence-electron chi connectivity index (χ2n) is 4.81. The van der Waals surface area contributed by atoms with Crippen LogP contribution >= 0.6 is 0 Å². The largest absolute Gasteiger partial charge is 0.497 e. The molecule has 0 unspecified atom stereocenters. The molecule has 0 fully saturated rings. The molecule has 25 heavy (non-hydrogen) atoms. The normalized spacial score (nSPS) is 10.5. The van der Waals surface area contributed by atoms with Crippen molar-refractivity contribution in [1.82, 2.24) is 0 Å². The second-order valence-corrected chi connectivity index (χ2v) is 4.81. The van der Waals surface area contributed by atoms with Crippen molar-refractivity contribution in [1.29, 1.82) is 5.26 Å². The first-order chi connectivity index (χ1) is 12.0. The molecule has 2 aromatic carbocycles. The van der Waals surface area contributed by atoms with Crippen LogP contribution in [-0.4, -0.2) is 17.9 Å². The number of non-ortho nitro benzene ring substituents is 1. The van der Waals surface area contributed by atoms with E-state index in [0.717, 1.165) is 0 Å². The van der Waals surface area contributed by atoms with E-state index in [0.29, 0.717) is 11.4 Å². The third-order valence-electron chi connectivity index (χ3n) is 3.13. The summed E-state index contributed by atoms with van der Waals surface area (Å²) in [4.78, 5) is 22.3. The van der Waals surface area contributed by atoms with Crippen LogP contribution in [0.15, 0.2) is 60.3 Å². The van der Waals surface area contributed by atoms with Crippen LogP contribution in [0.4, 0.5) is 17.1 Å². The molecular weight excluding hydrogens is 324 g/mol. The molecule has 0 aliphatic heterocycles. The van der Waals surface area contributed by atoms with E-state index in [1.54, 1.807) is 30.3 Å². The van der Waals surface area contributed by atoms with Gasteiger partial charge in [-0.25, -0.2) is 0 Å². The van der Waals surface area contributed by atoms with Crippen molar-refractivity contribution < 1.29 is 14.5 Å². The van der Waals surface area contributed by atoms with E-state index in [9.17, 15) is 14.9 Å². The number of benzene rings is 2. The number of nitrogens with zero attached hydrogens (tertiary/aromatic N) is 2. The molecule has 8 heteroatoms. The summed E-state index contributed by atoms with van der Waals surface area (Å²) in [6.07, 6.45) is 1.25. The van der Waals surface area contributed by atoms with Gasteiger partial charge in [-0.2, -0.15) is 5.26 Å². The van der Waals surface area contributed by atoms with Crippen LogP contribution in [0.1, 0.15) is 0 Å². The van der Waals surface area contributed by atoms with E-state index in [4.69, 9.17) is 10.00 Å². The third kappa shape index (κ3) is 4.80. The lowest BCUT2D eigenvalue weighted by atomic mass is 10.2. The van der Waals surface area contributed by atoms with Crippen LogP contribution in [0.25, 0.3) is 0 Å². The molecule has 0 radical (unpaired) electrons. The zero-order valence-electron chi connectivity index (χ0n) is 13.2. The van der Waals surface area contributed by atoms with Crippen molar-refractivity contribution in [2.24, 2.45) is 0 Å². The summed E-state index contributed by atoms with van der Waals surface area (Å²) in [7, 11) is 1.53. The van der Waals surface area contributed by atoms with Crippen molar-refractivity contribution >= 4 is 23.0 Å². The number of rotatable bonds is 6. The third-order valence-corrected chi connectivity index (χ3v) is 3.13. The minimum atomic E-state index is -0.682. The van der Waals surface area contributed by atoms with Crippen LogP contribution < -0.4 is 15.4 Å². The first-order valence-corrected chi connectivity index (χ1v) is 7.10. The van der Waals surface area contributed by atoms with E-state index in [1.165, 1.54) is 37.6 Å². The molecule has 2 rings (SSSR count). The molecule has 1 amide bonds. The van der Waals surface area contributed by atoms with Crippen molar-refractivity contribution in [3.8, 4) is 11.8 Å². The fraction of sp³-hybridized carbons (Fsp3) is 0.0588. The van der Waals surface area contributed by atoms with Gasteiger partial charge >= 0.3 is 0 Å². The molecule has 0 saturated carbocycles. The number of nitriles is 1. The maximum Gasteiger partial charge on any atom is 0.271 e. The van der Waals surface area contributed by atoms with Gasteiger partial charge in [0.05, 0.1) is 12.0 Å². The fourth-order valence-electron chi connectivity index (χ4n) is 1.91. The molecule has 2 N–H and O–H groups in total. The highest BCUT2D eigenvalue weighted by Crippen LogP contribution is 2.19. The van der Waals surface area contributed by atoms with Gasteiger partial charge in [0, 0.05) is 35.8 Å². The summed E-state index contributed by atoms with van der Waals surface area (Å²) >= 11 is 0. The first kappa shape index (κ1) is 17.5. The summed E-state index contributed by atoms with van der Waals surface area (Å²) in [5.74, 6) is -0.0589. The smallest absolute Gasteiger partial charge is 0.271 e. The Hall–Kier alpha value is -3.86. The highest BCUT2D eigenvalue weighted by atomic mass is 16.6. The fourth-order valence-corrected chi connectivity index (χ4v) is 1.91. The van der Waals surface area contributed by atoms with Gasteiger partial charge in [-0.15, -0.1) is 0 Å². The predicted octanol–water partition coefficient (Wildman–Crippen LogP) is 3.06. The Balaban J connectivity index is 2.11. The highest BCUT2D eigenvalue weighted by Gasteiger charge is 2.12. The van der Waals surface area contributed by atoms with E-state index >= 15 is 0 Å². The number of methoxy groups -OCH3 is 1. The van der Waals surface area contributed by atoms with Gasteiger partial charge < -0.3 is 15.4 Å². The number of hydrogen-bond acceptors (Lipinski definition) is 6. The van der Waals surface area contributed by atoms with Gasteiger partial charge in [-0.1, -0.05) is 12.1 Å². The van der Waals surface area contributed by atoms with Crippen LogP contribution in [0.5, 0.6) is 5.75 Å². The number of nitro benzene ring substituents is 1. The Labute approximate surface area is 143 Å². The molecule has 0 heterocycles. The molecule has 0 aliphatic rings. The minimum Gasteiger partial charge on any atom is -0.497 e. The maximum atomic E-state index is 12.1. The number of carbonyl (C=O) groups is 1. The summed E-state index contributed by atoms with van der Waals surface area (Å²) < 4.78 is 5.08. The Bertz CT molecular complexity index is 871. The molecule has 0 spiro atoms. The summed E-state index contributed by atoms with van der Waals surface area (Å²) in [6, 6.07) is 14.2. The molecule has 0 aromatic heterocycles. The van der Waals surface area contributed by atoms with Gasteiger partial charge in [0.2, 0.25) is 0 Å². The van der Waals surface area contributed by atoms with Gasteiger partial charge in [0.25, 0.3) is 11.6 Å². The molecule has 2 aromatic rings. The Morgan fingerprint density at radius 1 is 1.24 bits per heavy atom. The maximum absolute atomic E-state index is 12.1. The van der Waals surface area contributed by atoms with E-state index in [2.05, 4.69) is 10.6 Å². The number of amides is 1. The Morgan fingerprint density at radius 3 is 2.64 bits per heavy atom.